The Morgan fingerprint density at radius 3 is 2.32 bits per heavy atom. The summed E-state index contributed by atoms with van der Waals surface area (Å²) in [4.78, 5) is 24.1. The van der Waals surface area contributed by atoms with Gasteiger partial charge in [0.2, 0.25) is 10.0 Å². The van der Waals surface area contributed by atoms with Gasteiger partial charge in [-0.05, 0) is 38.1 Å². The Balaban J connectivity index is 1.97. The molecular weight excluding hydrogens is 394 g/mol. The Kier molecular flexibility index (Phi) is 6.81. The molecule has 0 aromatic heterocycles. The third-order valence-electron chi connectivity index (χ3n) is 3.59. The molecule has 0 bridgehead atoms. The van der Waals surface area contributed by atoms with Crippen LogP contribution in [0.3, 0.4) is 0 Å². The van der Waals surface area contributed by atoms with E-state index >= 15 is 0 Å². The summed E-state index contributed by atoms with van der Waals surface area (Å²) in [5.41, 5.74) is -0.411. The van der Waals surface area contributed by atoms with Crippen molar-refractivity contribution in [2.45, 2.75) is 30.9 Å². The number of benzene rings is 2. The second-order valence-electron chi connectivity index (χ2n) is 5.85. The third kappa shape index (κ3) is 5.57. The summed E-state index contributed by atoms with van der Waals surface area (Å²) < 4.78 is 58.2. The van der Waals surface area contributed by atoms with Gasteiger partial charge in [0.05, 0.1) is 10.6 Å². The van der Waals surface area contributed by atoms with E-state index in [2.05, 4.69) is 10.0 Å². The van der Waals surface area contributed by atoms with Gasteiger partial charge >= 0.3 is 5.97 Å². The monoisotopic (exact) mass is 412 g/mol. The minimum atomic E-state index is -3.96. The number of hydrogen-bond donors (Lipinski definition) is 2. The first-order valence-corrected chi connectivity index (χ1v) is 9.62. The lowest BCUT2D eigenvalue weighted by Crippen LogP contribution is -2.42. The molecule has 2 aromatic carbocycles. The van der Waals surface area contributed by atoms with Crippen molar-refractivity contribution in [2.75, 3.05) is 5.32 Å². The van der Waals surface area contributed by atoms with E-state index < -0.39 is 51.4 Å². The average molecular weight is 412 g/mol. The van der Waals surface area contributed by atoms with E-state index in [-0.39, 0.29) is 4.90 Å². The molecule has 150 valence electrons. The minimum absolute atomic E-state index is 0.0398. The molecule has 2 atom stereocenters. The molecule has 28 heavy (non-hydrogen) atoms. The van der Waals surface area contributed by atoms with E-state index in [9.17, 15) is 26.8 Å². The van der Waals surface area contributed by atoms with Crippen LogP contribution < -0.4 is 10.0 Å². The van der Waals surface area contributed by atoms with Crippen molar-refractivity contribution in [2.24, 2.45) is 0 Å². The lowest BCUT2D eigenvalue weighted by atomic mass is 10.2. The van der Waals surface area contributed by atoms with Gasteiger partial charge in [-0.1, -0.05) is 18.2 Å². The molecule has 1 amide bonds. The third-order valence-corrected chi connectivity index (χ3v) is 5.14. The summed E-state index contributed by atoms with van der Waals surface area (Å²) in [5.74, 6) is -3.54. The first-order valence-electron chi connectivity index (χ1n) is 8.14. The van der Waals surface area contributed by atoms with Crippen LogP contribution in [0.5, 0.6) is 0 Å². The van der Waals surface area contributed by atoms with Crippen LogP contribution in [0.25, 0.3) is 0 Å². The second-order valence-corrected chi connectivity index (χ2v) is 7.56. The molecule has 2 aromatic rings. The molecule has 10 heteroatoms. The summed E-state index contributed by atoms with van der Waals surface area (Å²) in [5, 5.41) is 2.10. The standard InChI is InChI=1S/C18H18F2N2O5S/c1-11(22-28(25,26)14-6-4-3-5-7-14)18(24)27-12(2)17(23)21-16-10-13(19)8-9-15(16)20/h3-12,22H,1-2H3,(H,21,23)/t11-,12?/m0/s1. The molecule has 0 aliphatic carbocycles. The van der Waals surface area contributed by atoms with Crippen molar-refractivity contribution in [3.05, 3.63) is 60.2 Å². The Bertz CT molecular complexity index is 967. The molecule has 1 unspecified atom stereocenters. The number of anilines is 1. The lowest BCUT2D eigenvalue weighted by molar-refractivity contribution is -0.154. The Labute approximate surface area is 160 Å². The fourth-order valence-electron chi connectivity index (χ4n) is 2.11. The first-order chi connectivity index (χ1) is 13.1. The molecule has 0 spiro atoms. The van der Waals surface area contributed by atoms with Crippen LogP contribution in [-0.4, -0.2) is 32.4 Å². The molecular formula is C18H18F2N2O5S. The highest BCUT2D eigenvalue weighted by molar-refractivity contribution is 7.89. The van der Waals surface area contributed by atoms with Gasteiger partial charge in [0.15, 0.2) is 6.10 Å². The second kappa shape index (κ2) is 8.89. The highest BCUT2D eigenvalue weighted by Crippen LogP contribution is 2.16. The average Bonchev–Trinajstić information content (AvgIpc) is 2.64. The summed E-state index contributed by atoms with van der Waals surface area (Å²) in [6.45, 7) is 2.46. The maximum Gasteiger partial charge on any atom is 0.324 e. The number of esters is 1. The molecule has 0 saturated heterocycles. The quantitative estimate of drug-likeness (QED) is 0.679. The van der Waals surface area contributed by atoms with Crippen molar-refractivity contribution in [3.8, 4) is 0 Å². The fourth-order valence-corrected chi connectivity index (χ4v) is 3.32. The number of carbonyl (C=O) groups is 2. The van der Waals surface area contributed by atoms with Crippen LogP contribution in [-0.2, 0) is 24.3 Å². The zero-order valence-electron chi connectivity index (χ0n) is 15.0. The number of halogens is 2. The van der Waals surface area contributed by atoms with Gasteiger partial charge < -0.3 is 10.1 Å². The lowest BCUT2D eigenvalue weighted by Gasteiger charge is -2.18. The molecule has 0 aliphatic rings. The number of amides is 1. The first kappa shape index (κ1) is 21.5. The normalized spacial score (nSPS) is 13.4. The van der Waals surface area contributed by atoms with E-state index in [1.54, 1.807) is 6.07 Å². The summed E-state index contributed by atoms with van der Waals surface area (Å²) in [7, 11) is -3.96. The van der Waals surface area contributed by atoms with Gasteiger partial charge in [0.25, 0.3) is 5.91 Å². The summed E-state index contributed by atoms with van der Waals surface area (Å²) >= 11 is 0. The van der Waals surface area contributed by atoms with Crippen LogP contribution in [0.4, 0.5) is 14.5 Å². The Hall–Kier alpha value is -2.85. The number of hydrogen-bond acceptors (Lipinski definition) is 5. The van der Waals surface area contributed by atoms with E-state index in [1.807, 2.05) is 0 Å². The largest absolute Gasteiger partial charge is 0.451 e. The highest BCUT2D eigenvalue weighted by Gasteiger charge is 2.26. The van der Waals surface area contributed by atoms with Crippen LogP contribution in [0.2, 0.25) is 0 Å². The Morgan fingerprint density at radius 1 is 1.04 bits per heavy atom. The van der Waals surface area contributed by atoms with Crippen molar-refractivity contribution in [3.63, 3.8) is 0 Å². The zero-order valence-corrected chi connectivity index (χ0v) is 15.8. The molecule has 0 fully saturated rings. The van der Waals surface area contributed by atoms with Gasteiger partial charge in [-0.25, -0.2) is 17.2 Å². The van der Waals surface area contributed by atoms with Crippen molar-refractivity contribution in [1.82, 2.24) is 4.72 Å². The van der Waals surface area contributed by atoms with Crippen molar-refractivity contribution in [1.29, 1.82) is 0 Å². The van der Waals surface area contributed by atoms with Gasteiger partial charge in [-0.3, -0.25) is 9.59 Å². The van der Waals surface area contributed by atoms with Gasteiger partial charge in [-0.2, -0.15) is 4.72 Å². The van der Waals surface area contributed by atoms with Crippen LogP contribution >= 0.6 is 0 Å². The maximum absolute atomic E-state index is 13.6. The predicted molar refractivity (Wildman–Crippen MR) is 96.8 cm³/mol. The molecule has 0 saturated carbocycles. The number of ether oxygens (including phenoxy) is 1. The van der Waals surface area contributed by atoms with Crippen LogP contribution in [0.1, 0.15) is 13.8 Å². The molecule has 2 rings (SSSR count). The molecule has 0 heterocycles. The summed E-state index contributed by atoms with van der Waals surface area (Å²) in [6, 6.07) is 8.60. The molecule has 0 radical (unpaired) electrons. The topological polar surface area (TPSA) is 102 Å². The van der Waals surface area contributed by atoms with E-state index in [0.717, 1.165) is 18.2 Å². The van der Waals surface area contributed by atoms with E-state index in [4.69, 9.17) is 4.74 Å². The molecule has 2 N–H and O–H groups in total. The fraction of sp³-hybridized carbons (Fsp3) is 0.222. The van der Waals surface area contributed by atoms with Crippen LogP contribution in [0, 0.1) is 11.6 Å². The maximum atomic E-state index is 13.6. The van der Waals surface area contributed by atoms with Gasteiger partial charge in [-0.15, -0.1) is 0 Å². The highest BCUT2D eigenvalue weighted by atomic mass is 32.2. The Morgan fingerprint density at radius 2 is 1.68 bits per heavy atom. The minimum Gasteiger partial charge on any atom is -0.451 e. The van der Waals surface area contributed by atoms with Crippen LogP contribution in [0.15, 0.2) is 53.4 Å². The number of carbonyl (C=O) groups excluding carboxylic acids is 2. The van der Waals surface area contributed by atoms with Crippen molar-refractivity contribution < 1.29 is 31.5 Å². The van der Waals surface area contributed by atoms with E-state index in [1.165, 1.54) is 38.1 Å². The van der Waals surface area contributed by atoms with Gasteiger partial charge in [0.1, 0.15) is 17.7 Å². The smallest absolute Gasteiger partial charge is 0.324 e. The summed E-state index contributed by atoms with van der Waals surface area (Å²) in [6.07, 6.45) is -1.38. The van der Waals surface area contributed by atoms with Crippen molar-refractivity contribution >= 4 is 27.6 Å². The zero-order chi connectivity index (χ0) is 20.9. The number of rotatable bonds is 7. The molecule has 0 aliphatic heterocycles. The SMILES string of the molecule is CC(OC(=O)[C@H](C)NS(=O)(=O)c1ccccc1)C(=O)Nc1cc(F)ccc1F. The number of nitrogens with one attached hydrogen (secondary N) is 2. The number of sulfonamides is 1. The predicted octanol–water partition coefficient (Wildman–Crippen LogP) is 2.20. The van der Waals surface area contributed by atoms with Gasteiger partial charge in [0, 0.05) is 6.07 Å². The van der Waals surface area contributed by atoms with E-state index in [0.29, 0.717) is 0 Å². The molecule has 7 nitrogen and oxygen atoms in total.